The van der Waals surface area contributed by atoms with Crippen molar-refractivity contribution in [3.8, 4) is 0 Å². The first-order valence-corrected chi connectivity index (χ1v) is 8.92. The summed E-state index contributed by atoms with van der Waals surface area (Å²) >= 11 is 7.36. The Morgan fingerprint density at radius 3 is 2.64 bits per heavy atom. The van der Waals surface area contributed by atoms with Crippen LogP contribution in [0.15, 0.2) is 29.8 Å². The second-order valence-electron chi connectivity index (χ2n) is 5.74. The SMILES string of the molecule is O=C(NC1CCN(c2ncc(C(F)(F)F)cc2Cl)CC1)c1cccs1. The first-order valence-electron chi connectivity index (χ1n) is 7.66. The zero-order valence-corrected chi connectivity index (χ0v) is 14.6. The first-order chi connectivity index (χ1) is 11.8. The molecule has 0 bridgehead atoms. The Labute approximate surface area is 151 Å². The Morgan fingerprint density at radius 1 is 1.36 bits per heavy atom. The van der Waals surface area contributed by atoms with Crippen molar-refractivity contribution in [1.29, 1.82) is 0 Å². The second-order valence-corrected chi connectivity index (χ2v) is 7.09. The van der Waals surface area contributed by atoms with Gasteiger partial charge in [0.1, 0.15) is 5.82 Å². The number of rotatable bonds is 3. The molecular weight excluding hydrogens is 375 g/mol. The van der Waals surface area contributed by atoms with Crippen molar-refractivity contribution in [2.75, 3.05) is 18.0 Å². The first kappa shape index (κ1) is 18.0. The summed E-state index contributed by atoms with van der Waals surface area (Å²) in [4.78, 5) is 18.4. The second kappa shape index (κ2) is 7.21. The van der Waals surface area contributed by atoms with E-state index in [4.69, 9.17) is 11.6 Å². The largest absolute Gasteiger partial charge is 0.417 e. The molecule has 1 aliphatic heterocycles. The van der Waals surface area contributed by atoms with E-state index < -0.39 is 11.7 Å². The summed E-state index contributed by atoms with van der Waals surface area (Å²) in [5, 5.41) is 4.80. The van der Waals surface area contributed by atoms with E-state index in [1.165, 1.54) is 11.3 Å². The zero-order chi connectivity index (χ0) is 18.0. The molecule has 0 atom stereocenters. The highest BCUT2D eigenvalue weighted by molar-refractivity contribution is 7.12. The molecule has 1 fully saturated rings. The van der Waals surface area contributed by atoms with Crippen LogP contribution in [-0.4, -0.2) is 30.0 Å². The summed E-state index contributed by atoms with van der Waals surface area (Å²) in [7, 11) is 0. The Hall–Kier alpha value is -1.80. The topological polar surface area (TPSA) is 45.2 Å². The van der Waals surface area contributed by atoms with Crippen molar-refractivity contribution < 1.29 is 18.0 Å². The minimum atomic E-state index is -4.46. The van der Waals surface area contributed by atoms with Gasteiger partial charge in [-0.25, -0.2) is 4.98 Å². The van der Waals surface area contributed by atoms with Crippen LogP contribution in [0.1, 0.15) is 28.1 Å². The number of nitrogens with zero attached hydrogens (tertiary/aromatic N) is 2. The highest BCUT2D eigenvalue weighted by Crippen LogP contribution is 2.34. The van der Waals surface area contributed by atoms with E-state index in [-0.39, 0.29) is 17.0 Å². The Kier molecular flexibility index (Phi) is 5.19. The average molecular weight is 390 g/mol. The number of amides is 1. The molecule has 0 aliphatic carbocycles. The third-order valence-corrected chi connectivity index (χ3v) is 5.17. The molecular formula is C16H15ClF3N3OS. The maximum absolute atomic E-state index is 12.7. The molecule has 2 aromatic heterocycles. The number of anilines is 1. The lowest BCUT2D eigenvalue weighted by Gasteiger charge is -2.33. The summed E-state index contributed by atoms with van der Waals surface area (Å²) < 4.78 is 38.0. The number of alkyl halides is 3. The van der Waals surface area contributed by atoms with Crippen LogP contribution in [-0.2, 0) is 6.18 Å². The zero-order valence-electron chi connectivity index (χ0n) is 13.0. The van der Waals surface area contributed by atoms with Gasteiger partial charge < -0.3 is 10.2 Å². The summed E-state index contributed by atoms with van der Waals surface area (Å²) in [6.45, 7) is 1.13. The molecule has 4 nitrogen and oxygen atoms in total. The molecule has 1 N–H and O–H groups in total. The monoisotopic (exact) mass is 389 g/mol. The number of piperidine rings is 1. The fraction of sp³-hybridized carbons (Fsp3) is 0.375. The van der Waals surface area contributed by atoms with E-state index in [9.17, 15) is 18.0 Å². The molecule has 1 saturated heterocycles. The summed E-state index contributed by atoms with van der Waals surface area (Å²) in [5.74, 6) is 0.247. The molecule has 9 heteroatoms. The molecule has 0 spiro atoms. The maximum Gasteiger partial charge on any atom is 0.417 e. The van der Waals surface area contributed by atoms with Crippen LogP contribution in [0.5, 0.6) is 0 Å². The number of aromatic nitrogens is 1. The molecule has 0 aromatic carbocycles. The van der Waals surface area contributed by atoms with Gasteiger partial charge in [-0.15, -0.1) is 11.3 Å². The number of carbonyl (C=O) groups is 1. The molecule has 0 unspecified atom stereocenters. The standard InChI is InChI=1S/C16H15ClF3N3OS/c17-12-8-10(16(18,19)20)9-21-14(12)23-5-3-11(4-6-23)22-15(24)13-2-1-7-25-13/h1-2,7-9,11H,3-6H2,(H,22,24). The van der Waals surface area contributed by atoms with Crippen LogP contribution >= 0.6 is 22.9 Å². The number of carbonyl (C=O) groups excluding carboxylic acids is 1. The van der Waals surface area contributed by atoms with Gasteiger partial charge in [0, 0.05) is 25.3 Å². The van der Waals surface area contributed by atoms with E-state index in [0.29, 0.717) is 36.6 Å². The number of halogens is 4. The van der Waals surface area contributed by atoms with Gasteiger partial charge in [0.05, 0.1) is 15.5 Å². The molecule has 1 amide bonds. The molecule has 2 aromatic rings. The number of nitrogens with one attached hydrogen (secondary N) is 1. The predicted octanol–water partition coefficient (Wildman–Crippen LogP) is 4.21. The highest BCUT2D eigenvalue weighted by atomic mass is 35.5. The molecule has 3 rings (SSSR count). The van der Waals surface area contributed by atoms with E-state index in [1.807, 2.05) is 16.3 Å². The van der Waals surface area contributed by atoms with Crippen molar-refractivity contribution in [3.05, 3.63) is 45.2 Å². The van der Waals surface area contributed by atoms with Gasteiger partial charge in [-0.3, -0.25) is 4.79 Å². The van der Waals surface area contributed by atoms with Crippen molar-refractivity contribution in [2.24, 2.45) is 0 Å². The summed E-state index contributed by atoms with van der Waals surface area (Å²) in [5.41, 5.74) is -0.862. The normalized spacial score (nSPS) is 16.1. The average Bonchev–Trinajstić information content (AvgIpc) is 3.09. The van der Waals surface area contributed by atoms with Crippen molar-refractivity contribution in [1.82, 2.24) is 10.3 Å². The summed E-state index contributed by atoms with van der Waals surface area (Å²) in [6, 6.07) is 4.51. The molecule has 134 valence electrons. The van der Waals surface area contributed by atoms with Crippen molar-refractivity contribution >= 4 is 34.7 Å². The third kappa shape index (κ3) is 4.24. The third-order valence-electron chi connectivity index (χ3n) is 4.02. The minimum absolute atomic E-state index is 0.0177. The van der Waals surface area contributed by atoms with Crippen molar-refractivity contribution in [2.45, 2.75) is 25.1 Å². The Balaban J connectivity index is 1.60. The smallest absolute Gasteiger partial charge is 0.355 e. The van der Waals surface area contributed by atoms with Crippen molar-refractivity contribution in [3.63, 3.8) is 0 Å². The van der Waals surface area contributed by atoms with Gasteiger partial charge in [0.25, 0.3) is 5.91 Å². The number of thiophene rings is 1. The van der Waals surface area contributed by atoms with Gasteiger partial charge in [0.2, 0.25) is 0 Å². The van der Waals surface area contributed by atoms with Crippen LogP contribution in [0.3, 0.4) is 0 Å². The quantitative estimate of drug-likeness (QED) is 0.855. The molecule has 25 heavy (non-hydrogen) atoms. The van der Waals surface area contributed by atoms with Crippen LogP contribution < -0.4 is 10.2 Å². The predicted molar refractivity (Wildman–Crippen MR) is 91.3 cm³/mol. The highest BCUT2D eigenvalue weighted by Gasteiger charge is 2.32. The lowest BCUT2D eigenvalue weighted by Crippen LogP contribution is -2.44. The molecule has 3 heterocycles. The Morgan fingerprint density at radius 2 is 2.08 bits per heavy atom. The Bertz CT molecular complexity index is 744. The van der Waals surface area contributed by atoms with Crippen LogP contribution in [0.25, 0.3) is 0 Å². The van der Waals surface area contributed by atoms with Gasteiger partial charge >= 0.3 is 6.18 Å². The van der Waals surface area contributed by atoms with Crippen LogP contribution in [0.2, 0.25) is 5.02 Å². The number of pyridine rings is 1. The lowest BCUT2D eigenvalue weighted by molar-refractivity contribution is -0.137. The number of hydrogen-bond acceptors (Lipinski definition) is 4. The van der Waals surface area contributed by atoms with Crippen LogP contribution in [0.4, 0.5) is 19.0 Å². The molecule has 1 aliphatic rings. The van der Waals surface area contributed by atoms with Gasteiger partial charge in [-0.2, -0.15) is 13.2 Å². The summed E-state index contributed by atoms with van der Waals surface area (Å²) in [6.07, 6.45) is -2.31. The number of hydrogen-bond donors (Lipinski definition) is 1. The maximum atomic E-state index is 12.7. The fourth-order valence-electron chi connectivity index (χ4n) is 2.72. The lowest BCUT2D eigenvalue weighted by atomic mass is 10.0. The van der Waals surface area contributed by atoms with E-state index >= 15 is 0 Å². The van der Waals surface area contributed by atoms with E-state index in [1.54, 1.807) is 6.07 Å². The van der Waals surface area contributed by atoms with E-state index in [2.05, 4.69) is 10.3 Å². The van der Waals surface area contributed by atoms with E-state index in [0.717, 1.165) is 12.3 Å². The van der Waals surface area contributed by atoms with Gasteiger partial charge in [-0.1, -0.05) is 17.7 Å². The van der Waals surface area contributed by atoms with Gasteiger partial charge in [-0.05, 0) is 30.4 Å². The molecule has 0 saturated carbocycles. The van der Waals surface area contributed by atoms with Gasteiger partial charge in [0.15, 0.2) is 0 Å². The fourth-order valence-corrected chi connectivity index (χ4v) is 3.63. The van der Waals surface area contributed by atoms with Crippen LogP contribution in [0, 0.1) is 0 Å². The minimum Gasteiger partial charge on any atom is -0.355 e. The molecule has 0 radical (unpaired) electrons.